The Morgan fingerprint density at radius 2 is 1.55 bits per heavy atom. The summed E-state index contributed by atoms with van der Waals surface area (Å²) in [6, 6.07) is 8.48. The quantitative estimate of drug-likeness (QED) is 0.811. The highest BCUT2D eigenvalue weighted by molar-refractivity contribution is 6.28. The molecule has 6 heteroatoms. The highest BCUT2D eigenvalue weighted by atomic mass is 16.1. The minimum atomic E-state index is -0.740. The summed E-state index contributed by atoms with van der Waals surface area (Å²) in [4.78, 5) is 48.6. The summed E-state index contributed by atoms with van der Waals surface area (Å²) in [6.45, 7) is 4.05. The molecule has 1 unspecified atom stereocenters. The maximum atomic E-state index is 13.4. The van der Waals surface area contributed by atoms with Crippen molar-refractivity contribution in [2.24, 2.45) is 5.41 Å². The number of ketones is 3. The minimum Gasteiger partial charge on any atom is -0.355 e. The summed E-state index contributed by atoms with van der Waals surface area (Å²) in [7, 11) is 0. The Bertz CT molecular complexity index is 1160. The van der Waals surface area contributed by atoms with Gasteiger partial charge in [-0.1, -0.05) is 38.1 Å². The van der Waals surface area contributed by atoms with Crippen LogP contribution in [0.1, 0.15) is 59.1 Å². The van der Waals surface area contributed by atoms with Crippen molar-refractivity contribution in [2.75, 3.05) is 0 Å². The van der Waals surface area contributed by atoms with Gasteiger partial charge in [-0.3, -0.25) is 14.4 Å². The third-order valence-electron chi connectivity index (χ3n) is 5.77. The van der Waals surface area contributed by atoms with Crippen LogP contribution in [0.2, 0.25) is 0 Å². The molecule has 2 aliphatic carbocycles. The number of fused-ring (bicyclic) bond motifs is 1. The van der Waals surface area contributed by atoms with E-state index in [0.717, 1.165) is 0 Å². The van der Waals surface area contributed by atoms with Gasteiger partial charge < -0.3 is 5.32 Å². The first-order valence-corrected chi connectivity index (χ1v) is 9.60. The number of nitrogens with zero attached hydrogens (tertiary/aromatic N) is 2. The Morgan fingerprint density at radius 3 is 2.24 bits per heavy atom. The van der Waals surface area contributed by atoms with Crippen molar-refractivity contribution < 1.29 is 14.4 Å². The average Bonchev–Trinajstić information content (AvgIpc) is 2.70. The Labute approximate surface area is 167 Å². The Morgan fingerprint density at radius 1 is 0.897 bits per heavy atom. The molecule has 1 N–H and O–H groups in total. The molecule has 1 aliphatic heterocycles. The van der Waals surface area contributed by atoms with E-state index < -0.39 is 5.92 Å². The number of Topliss-reactive ketones (excluding diaryl/α,β-unsaturated/α-hetero) is 3. The van der Waals surface area contributed by atoms with Crippen LogP contribution >= 0.6 is 0 Å². The summed E-state index contributed by atoms with van der Waals surface area (Å²) >= 11 is 0. The SMILES string of the molecule is CC1(C)CC(=O)C2=C(C1)NC1=C(C(=O)c3ccccc3C1=O)C2c1ncccn1. The summed E-state index contributed by atoms with van der Waals surface area (Å²) in [5.41, 5.74) is 2.22. The predicted molar refractivity (Wildman–Crippen MR) is 105 cm³/mol. The monoisotopic (exact) mass is 385 g/mol. The van der Waals surface area contributed by atoms with E-state index in [-0.39, 0.29) is 34.0 Å². The van der Waals surface area contributed by atoms with Gasteiger partial charge in [-0.25, -0.2) is 9.97 Å². The van der Waals surface area contributed by atoms with Gasteiger partial charge in [0.1, 0.15) is 5.82 Å². The number of dihydropyridines is 1. The number of hydrogen-bond acceptors (Lipinski definition) is 6. The molecule has 0 saturated heterocycles. The van der Waals surface area contributed by atoms with E-state index in [9.17, 15) is 14.4 Å². The fourth-order valence-corrected chi connectivity index (χ4v) is 4.59. The molecule has 0 saturated carbocycles. The number of aromatic nitrogens is 2. The largest absolute Gasteiger partial charge is 0.355 e. The molecule has 2 aromatic rings. The summed E-state index contributed by atoms with van der Waals surface area (Å²) in [5.74, 6) is -0.909. The first-order valence-electron chi connectivity index (χ1n) is 9.60. The lowest BCUT2D eigenvalue weighted by Gasteiger charge is -2.40. The normalized spacial score (nSPS) is 22.7. The molecular weight excluding hydrogens is 366 g/mol. The van der Waals surface area contributed by atoms with Crippen LogP contribution < -0.4 is 5.32 Å². The van der Waals surface area contributed by atoms with Crippen LogP contribution in [-0.2, 0) is 4.79 Å². The lowest BCUT2D eigenvalue weighted by Crippen LogP contribution is -2.43. The first kappa shape index (κ1) is 17.7. The molecule has 1 aromatic heterocycles. The van der Waals surface area contributed by atoms with Crippen LogP contribution in [0.5, 0.6) is 0 Å². The summed E-state index contributed by atoms with van der Waals surface area (Å²) in [6.07, 6.45) is 4.16. The van der Waals surface area contributed by atoms with E-state index in [1.54, 1.807) is 42.7 Å². The third kappa shape index (κ3) is 2.59. The second-order valence-electron chi connectivity index (χ2n) is 8.49. The number of nitrogens with one attached hydrogen (secondary N) is 1. The molecule has 1 aromatic carbocycles. The molecule has 2 heterocycles. The lowest BCUT2D eigenvalue weighted by molar-refractivity contribution is -0.118. The fraction of sp³-hybridized carbons (Fsp3) is 0.261. The first-order chi connectivity index (χ1) is 13.9. The number of hydrogen-bond donors (Lipinski definition) is 1. The summed E-state index contributed by atoms with van der Waals surface area (Å²) < 4.78 is 0. The molecule has 0 amide bonds. The van der Waals surface area contributed by atoms with Gasteiger partial charge in [0.25, 0.3) is 0 Å². The number of benzene rings is 1. The van der Waals surface area contributed by atoms with Crippen LogP contribution in [0.15, 0.2) is 65.3 Å². The molecule has 0 bridgehead atoms. The van der Waals surface area contributed by atoms with Gasteiger partial charge in [-0.05, 0) is 17.9 Å². The van der Waals surface area contributed by atoms with Gasteiger partial charge in [-0.2, -0.15) is 0 Å². The predicted octanol–water partition coefficient (Wildman–Crippen LogP) is 3.14. The molecule has 6 nitrogen and oxygen atoms in total. The van der Waals surface area contributed by atoms with E-state index in [0.29, 0.717) is 41.1 Å². The van der Waals surface area contributed by atoms with E-state index in [1.807, 2.05) is 13.8 Å². The zero-order valence-corrected chi connectivity index (χ0v) is 16.2. The van der Waals surface area contributed by atoms with Crippen molar-refractivity contribution in [1.82, 2.24) is 15.3 Å². The van der Waals surface area contributed by atoms with Gasteiger partial charge in [0, 0.05) is 46.8 Å². The standard InChI is InChI=1S/C23H19N3O3/c1-23(2)10-14-16(15(27)11-23)17(22-24-8-5-9-25-22)18-19(26-14)21(29)13-7-4-3-6-12(13)20(18)28/h3-9,17,26H,10-11H2,1-2H3. The molecule has 144 valence electrons. The van der Waals surface area contributed by atoms with Crippen molar-refractivity contribution in [3.63, 3.8) is 0 Å². The summed E-state index contributed by atoms with van der Waals surface area (Å²) in [5, 5.41) is 3.18. The maximum absolute atomic E-state index is 13.4. The molecule has 1 atom stereocenters. The highest BCUT2D eigenvalue weighted by Gasteiger charge is 2.47. The van der Waals surface area contributed by atoms with E-state index in [1.165, 1.54) is 0 Å². The van der Waals surface area contributed by atoms with Crippen LogP contribution in [0.25, 0.3) is 0 Å². The average molecular weight is 385 g/mol. The van der Waals surface area contributed by atoms with Gasteiger partial charge in [-0.15, -0.1) is 0 Å². The number of rotatable bonds is 1. The van der Waals surface area contributed by atoms with Crippen molar-refractivity contribution >= 4 is 17.3 Å². The third-order valence-corrected chi connectivity index (χ3v) is 5.77. The van der Waals surface area contributed by atoms with Crippen molar-refractivity contribution in [2.45, 2.75) is 32.6 Å². The molecule has 0 radical (unpaired) electrons. The maximum Gasteiger partial charge on any atom is 0.210 e. The molecule has 0 fully saturated rings. The highest BCUT2D eigenvalue weighted by Crippen LogP contribution is 2.48. The van der Waals surface area contributed by atoms with E-state index in [4.69, 9.17) is 0 Å². The minimum absolute atomic E-state index is 0.0353. The number of carbonyl (C=O) groups excluding carboxylic acids is 3. The number of allylic oxidation sites excluding steroid dienone is 4. The fourth-order valence-electron chi connectivity index (χ4n) is 4.59. The van der Waals surface area contributed by atoms with Crippen molar-refractivity contribution in [3.05, 3.63) is 82.2 Å². The zero-order valence-electron chi connectivity index (χ0n) is 16.2. The Hall–Kier alpha value is -3.41. The molecule has 29 heavy (non-hydrogen) atoms. The second kappa shape index (κ2) is 6.04. The van der Waals surface area contributed by atoms with E-state index >= 15 is 0 Å². The second-order valence-corrected chi connectivity index (χ2v) is 8.49. The van der Waals surface area contributed by atoms with Crippen molar-refractivity contribution in [3.8, 4) is 0 Å². The van der Waals surface area contributed by atoms with Gasteiger partial charge in [0.2, 0.25) is 5.78 Å². The molecule has 5 rings (SSSR count). The van der Waals surface area contributed by atoms with Crippen LogP contribution in [0, 0.1) is 5.41 Å². The van der Waals surface area contributed by atoms with Gasteiger partial charge in [0.05, 0.1) is 11.6 Å². The van der Waals surface area contributed by atoms with E-state index in [2.05, 4.69) is 15.3 Å². The Balaban J connectivity index is 1.76. The van der Waals surface area contributed by atoms with Crippen LogP contribution in [-0.4, -0.2) is 27.3 Å². The molecule has 0 spiro atoms. The molecular formula is C23H19N3O3. The van der Waals surface area contributed by atoms with Gasteiger partial charge in [0.15, 0.2) is 11.6 Å². The smallest absolute Gasteiger partial charge is 0.210 e. The van der Waals surface area contributed by atoms with Crippen LogP contribution in [0.4, 0.5) is 0 Å². The lowest BCUT2D eigenvalue weighted by atomic mass is 9.67. The Kier molecular flexibility index (Phi) is 3.68. The van der Waals surface area contributed by atoms with Gasteiger partial charge >= 0.3 is 0 Å². The van der Waals surface area contributed by atoms with Crippen molar-refractivity contribution in [1.29, 1.82) is 0 Å². The zero-order chi connectivity index (χ0) is 20.3. The molecule has 3 aliphatic rings. The topological polar surface area (TPSA) is 89.0 Å². The van der Waals surface area contributed by atoms with Crippen LogP contribution in [0.3, 0.4) is 0 Å². The number of carbonyl (C=O) groups is 3.